The lowest BCUT2D eigenvalue weighted by Crippen LogP contribution is -2.53. The predicted octanol–water partition coefficient (Wildman–Crippen LogP) is 2.54. The van der Waals surface area contributed by atoms with E-state index in [2.05, 4.69) is 5.32 Å². The van der Waals surface area contributed by atoms with E-state index in [0.29, 0.717) is 11.5 Å². The molecular formula is C15H16F3NO2. The molecule has 3 atom stereocenters. The Labute approximate surface area is 120 Å². The summed E-state index contributed by atoms with van der Waals surface area (Å²) in [6.45, 7) is 0.731. The average molecular weight is 299 g/mol. The van der Waals surface area contributed by atoms with E-state index in [9.17, 15) is 18.0 Å². The van der Waals surface area contributed by atoms with Crippen molar-refractivity contribution in [2.24, 2.45) is 5.92 Å². The van der Waals surface area contributed by atoms with Crippen molar-refractivity contribution < 1.29 is 22.7 Å². The molecule has 0 spiro atoms. The number of hydrogen-bond donors (Lipinski definition) is 1. The second-order valence-electron chi connectivity index (χ2n) is 5.65. The number of amides is 1. The third-order valence-electron chi connectivity index (χ3n) is 4.23. The minimum Gasteiger partial charge on any atom is -0.378 e. The maximum atomic E-state index is 12.6. The summed E-state index contributed by atoms with van der Waals surface area (Å²) in [6, 6.07) is 5.01. The van der Waals surface area contributed by atoms with Crippen molar-refractivity contribution in [3.05, 3.63) is 35.4 Å². The average Bonchev–Trinajstić information content (AvgIpc) is 2.77. The van der Waals surface area contributed by atoms with Gasteiger partial charge in [0.05, 0.1) is 18.1 Å². The van der Waals surface area contributed by atoms with Gasteiger partial charge in [-0.2, -0.15) is 13.2 Å². The van der Waals surface area contributed by atoms with Crippen molar-refractivity contribution in [2.45, 2.75) is 37.6 Å². The molecule has 0 aromatic heterocycles. The lowest BCUT2D eigenvalue weighted by atomic mass is 9.76. The Balaban J connectivity index is 1.58. The van der Waals surface area contributed by atoms with Crippen LogP contribution in [-0.4, -0.2) is 24.7 Å². The van der Waals surface area contributed by atoms with Crippen LogP contribution in [0, 0.1) is 5.92 Å². The first-order chi connectivity index (χ1) is 9.93. The van der Waals surface area contributed by atoms with Crippen molar-refractivity contribution in [1.82, 2.24) is 5.32 Å². The first kappa shape index (κ1) is 14.4. The molecule has 1 aliphatic carbocycles. The molecule has 1 saturated heterocycles. The molecule has 21 heavy (non-hydrogen) atoms. The Morgan fingerprint density at radius 2 is 2.19 bits per heavy atom. The molecule has 3 rings (SSSR count). The summed E-state index contributed by atoms with van der Waals surface area (Å²) in [5.41, 5.74) is -0.346. The molecule has 114 valence electrons. The molecule has 6 heteroatoms. The van der Waals surface area contributed by atoms with Crippen LogP contribution in [0.3, 0.4) is 0 Å². The van der Waals surface area contributed by atoms with Crippen LogP contribution < -0.4 is 5.32 Å². The molecule has 1 aliphatic heterocycles. The molecule has 1 amide bonds. The summed E-state index contributed by atoms with van der Waals surface area (Å²) in [6.07, 6.45) is -2.41. The smallest absolute Gasteiger partial charge is 0.378 e. The van der Waals surface area contributed by atoms with Gasteiger partial charge in [0.1, 0.15) is 0 Å². The van der Waals surface area contributed by atoms with Gasteiger partial charge in [0.15, 0.2) is 0 Å². The number of rotatable bonds is 3. The summed E-state index contributed by atoms with van der Waals surface area (Å²) in [5, 5.41) is 2.89. The Morgan fingerprint density at radius 3 is 2.90 bits per heavy atom. The van der Waals surface area contributed by atoms with E-state index in [1.54, 1.807) is 0 Å². The van der Waals surface area contributed by atoms with Crippen molar-refractivity contribution in [3.63, 3.8) is 0 Å². The van der Waals surface area contributed by atoms with E-state index >= 15 is 0 Å². The molecular weight excluding hydrogens is 283 g/mol. The lowest BCUT2D eigenvalue weighted by molar-refractivity contribution is -0.137. The number of nitrogens with one attached hydrogen (secondary N) is 1. The number of ether oxygens (including phenoxy) is 1. The summed E-state index contributed by atoms with van der Waals surface area (Å²) >= 11 is 0. The molecule has 1 N–H and O–H groups in total. The minimum absolute atomic E-state index is 0.0291. The van der Waals surface area contributed by atoms with Gasteiger partial charge in [-0.05, 0) is 24.5 Å². The van der Waals surface area contributed by atoms with Gasteiger partial charge in [0, 0.05) is 18.6 Å². The molecule has 1 aromatic carbocycles. The van der Waals surface area contributed by atoms with Gasteiger partial charge in [0.25, 0.3) is 0 Å². The minimum atomic E-state index is -4.38. The number of carbonyl (C=O) groups is 1. The molecule has 3 nitrogen and oxygen atoms in total. The normalized spacial score (nSPS) is 27.9. The molecule has 0 radical (unpaired) electrons. The molecule has 1 saturated carbocycles. The van der Waals surface area contributed by atoms with E-state index in [1.165, 1.54) is 12.1 Å². The monoisotopic (exact) mass is 299 g/mol. The van der Waals surface area contributed by atoms with Crippen LogP contribution >= 0.6 is 0 Å². The Hall–Kier alpha value is -1.56. The van der Waals surface area contributed by atoms with Crippen LogP contribution in [0.1, 0.15) is 24.0 Å². The maximum Gasteiger partial charge on any atom is 0.416 e. The third-order valence-corrected chi connectivity index (χ3v) is 4.23. The molecule has 2 aliphatic rings. The second-order valence-corrected chi connectivity index (χ2v) is 5.65. The van der Waals surface area contributed by atoms with Crippen molar-refractivity contribution in [1.29, 1.82) is 0 Å². The Kier molecular flexibility index (Phi) is 3.65. The van der Waals surface area contributed by atoms with E-state index in [4.69, 9.17) is 4.74 Å². The van der Waals surface area contributed by atoms with Crippen LogP contribution in [0.25, 0.3) is 0 Å². The highest BCUT2D eigenvalue weighted by molar-refractivity contribution is 5.79. The maximum absolute atomic E-state index is 12.6. The zero-order valence-corrected chi connectivity index (χ0v) is 11.3. The number of fused-ring (bicyclic) bond motifs is 1. The summed E-state index contributed by atoms with van der Waals surface area (Å²) < 4.78 is 43.3. The van der Waals surface area contributed by atoms with Gasteiger partial charge < -0.3 is 10.1 Å². The van der Waals surface area contributed by atoms with Gasteiger partial charge in [0.2, 0.25) is 5.91 Å². The van der Waals surface area contributed by atoms with Crippen LogP contribution in [0.5, 0.6) is 0 Å². The molecule has 1 heterocycles. The highest BCUT2D eigenvalue weighted by Crippen LogP contribution is 2.38. The van der Waals surface area contributed by atoms with Crippen LogP contribution in [0.2, 0.25) is 0 Å². The van der Waals surface area contributed by atoms with Crippen LogP contribution in [0.15, 0.2) is 24.3 Å². The van der Waals surface area contributed by atoms with E-state index in [0.717, 1.165) is 31.6 Å². The second kappa shape index (κ2) is 5.33. The van der Waals surface area contributed by atoms with Gasteiger partial charge >= 0.3 is 6.18 Å². The first-order valence-electron chi connectivity index (χ1n) is 7.00. The van der Waals surface area contributed by atoms with Crippen molar-refractivity contribution >= 4 is 5.91 Å². The molecule has 2 fully saturated rings. The number of alkyl halides is 3. The quantitative estimate of drug-likeness (QED) is 0.931. The van der Waals surface area contributed by atoms with Crippen LogP contribution in [0.4, 0.5) is 13.2 Å². The highest BCUT2D eigenvalue weighted by Gasteiger charge is 2.45. The van der Waals surface area contributed by atoms with Gasteiger partial charge in [-0.15, -0.1) is 0 Å². The number of benzene rings is 1. The fourth-order valence-electron chi connectivity index (χ4n) is 3.06. The third kappa shape index (κ3) is 3.05. The fourth-order valence-corrected chi connectivity index (χ4v) is 3.06. The van der Waals surface area contributed by atoms with E-state index in [-0.39, 0.29) is 24.5 Å². The largest absolute Gasteiger partial charge is 0.416 e. The molecule has 0 bridgehead atoms. The zero-order chi connectivity index (χ0) is 15.0. The van der Waals surface area contributed by atoms with Gasteiger partial charge in [-0.1, -0.05) is 18.2 Å². The molecule has 1 aromatic rings. The number of halogens is 3. The van der Waals surface area contributed by atoms with Gasteiger partial charge in [-0.3, -0.25) is 4.79 Å². The first-order valence-corrected chi connectivity index (χ1v) is 7.00. The van der Waals surface area contributed by atoms with Crippen molar-refractivity contribution in [3.8, 4) is 0 Å². The van der Waals surface area contributed by atoms with Crippen molar-refractivity contribution in [2.75, 3.05) is 6.61 Å². The fraction of sp³-hybridized carbons (Fsp3) is 0.533. The van der Waals surface area contributed by atoms with Crippen LogP contribution in [-0.2, 0) is 22.1 Å². The van der Waals surface area contributed by atoms with E-state index < -0.39 is 11.7 Å². The summed E-state index contributed by atoms with van der Waals surface area (Å²) in [5.74, 6) is 0.139. The number of carbonyl (C=O) groups excluding carboxylic acids is 1. The topological polar surface area (TPSA) is 38.3 Å². The zero-order valence-electron chi connectivity index (χ0n) is 11.3. The molecule has 0 unspecified atom stereocenters. The summed E-state index contributed by atoms with van der Waals surface area (Å²) in [4.78, 5) is 11.9. The Bertz CT molecular complexity index is 544. The SMILES string of the molecule is O=C(Cc1cccc(C(F)(F)F)c1)N[C@@H]1C[C@H]2OCC[C@@H]12. The van der Waals surface area contributed by atoms with E-state index in [1.807, 2.05) is 0 Å². The highest BCUT2D eigenvalue weighted by atomic mass is 19.4. The lowest BCUT2D eigenvalue weighted by Gasteiger charge is -2.39. The standard InChI is InChI=1S/C15H16F3NO2/c16-15(17,18)10-3-1-2-9(6-10)7-14(20)19-12-8-13-11(12)4-5-21-13/h1-3,6,11-13H,4-5,7-8H2,(H,19,20)/t11-,12+,13+/m0/s1. The van der Waals surface area contributed by atoms with Gasteiger partial charge in [-0.25, -0.2) is 0 Å². The predicted molar refractivity (Wildman–Crippen MR) is 69.5 cm³/mol. The number of hydrogen-bond acceptors (Lipinski definition) is 2. The Morgan fingerprint density at radius 1 is 1.38 bits per heavy atom. The summed E-state index contributed by atoms with van der Waals surface area (Å²) in [7, 11) is 0.